The Balaban J connectivity index is 1.69. The lowest BCUT2D eigenvalue weighted by molar-refractivity contribution is -0.147. The van der Waals surface area contributed by atoms with Crippen LogP contribution in [0.1, 0.15) is 57.8 Å². The quantitative estimate of drug-likeness (QED) is 0.771. The van der Waals surface area contributed by atoms with Gasteiger partial charge in [-0.05, 0) is 31.6 Å². The molecule has 1 unspecified atom stereocenters. The van der Waals surface area contributed by atoms with Gasteiger partial charge in [0.15, 0.2) is 0 Å². The van der Waals surface area contributed by atoms with Gasteiger partial charge in [0.05, 0.1) is 12.5 Å². The summed E-state index contributed by atoms with van der Waals surface area (Å²) in [5, 5.41) is 9.09. The molecule has 0 aromatic carbocycles. The van der Waals surface area contributed by atoms with E-state index < -0.39 is 11.9 Å². The Hall–Kier alpha value is -1.59. The number of carbonyl (C=O) groups excluding carboxylic acids is 2. The van der Waals surface area contributed by atoms with Crippen molar-refractivity contribution in [3.05, 3.63) is 0 Å². The highest BCUT2D eigenvalue weighted by Crippen LogP contribution is 2.29. The highest BCUT2D eigenvalue weighted by atomic mass is 16.4. The van der Waals surface area contributed by atoms with Crippen molar-refractivity contribution in [2.24, 2.45) is 11.8 Å². The van der Waals surface area contributed by atoms with Gasteiger partial charge in [0, 0.05) is 26.6 Å². The zero-order chi connectivity index (χ0) is 17.5. The minimum absolute atomic E-state index is 0.00754. The summed E-state index contributed by atoms with van der Waals surface area (Å²) in [6.07, 6.45) is 9.06. The molecule has 1 atom stereocenters. The summed E-state index contributed by atoms with van der Waals surface area (Å²) in [5.74, 6) is -0.675. The van der Waals surface area contributed by atoms with Crippen LogP contribution in [0.15, 0.2) is 0 Å². The van der Waals surface area contributed by atoms with Crippen LogP contribution in [0.25, 0.3) is 0 Å². The number of aliphatic carboxylic acids is 1. The summed E-state index contributed by atoms with van der Waals surface area (Å²) in [7, 11) is 1.66. The highest BCUT2D eigenvalue weighted by molar-refractivity contribution is 5.85. The van der Waals surface area contributed by atoms with Crippen molar-refractivity contribution in [1.82, 2.24) is 9.80 Å². The number of carbonyl (C=O) groups is 3. The molecule has 1 aliphatic heterocycles. The first-order chi connectivity index (χ1) is 11.5. The van der Waals surface area contributed by atoms with E-state index in [1.807, 2.05) is 0 Å². The van der Waals surface area contributed by atoms with Crippen LogP contribution in [-0.2, 0) is 14.4 Å². The Bertz CT molecular complexity index is 460. The molecule has 2 amide bonds. The average Bonchev–Trinajstić information content (AvgIpc) is 3.08. The number of likely N-dealkylation sites (tertiary alicyclic amines) is 1. The highest BCUT2D eigenvalue weighted by Gasteiger charge is 2.28. The third-order valence-corrected chi connectivity index (χ3v) is 5.40. The normalized spacial score (nSPS) is 21.7. The van der Waals surface area contributed by atoms with E-state index in [-0.39, 0.29) is 24.9 Å². The second-order valence-corrected chi connectivity index (χ2v) is 7.31. The summed E-state index contributed by atoms with van der Waals surface area (Å²) < 4.78 is 0. The van der Waals surface area contributed by atoms with E-state index in [9.17, 15) is 14.4 Å². The molecule has 0 aromatic rings. The van der Waals surface area contributed by atoms with Gasteiger partial charge in [-0.1, -0.05) is 25.7 Å². The average molecular weight is 338 g/mol. The first-order valence-corrected chi connectivity index (χ1v) is 9.22. The minimum atomic E-state index is -0.844. The second kappa shape index (κ2) is 9.04. The number of hydrogen-bond acceptors (Lipinski definition) is 3. The molecule has 2 aliphatic rings. The maximum atomic E-state index is 12.3. The van der Waals surface area contributed by atoms with E-state index in [1.54, 1.807) is 11.9 Å². The van der Waals surface area contributed by atoms with Crippen LogP contribution in [0.5, 0.6) is 0 Å². The number of amides is 2. The summed E-state index contributed by atoms with van der Waals surface area (Å²) in [5.41, 5.74) is 0. The van der Waals surface area contributed by atoms with Gasteiger partial charge in [0.1, 0.15) is 0 Å². The van der Waals surface area contributed by atoms with E-state index in [0.29, 0.717) is 25.8 Å². The third-order valence-electron chi connectivity index (χ3n) is 5.40. The topological polar surface area (TPSA) is 77.9 Å². The molecule has 2 fully saturated rings. The number of rotatable bonds is 7. The van der Waals surface area contributed by atoms with E-state index >= 15 is 0 Å². The van der Waals surface area contributed by atoms with Crippen molar-refractivity contribution in [2.75, 3.05) is 26.7 Å². The van der Waals surface area contributed by atoms with E-state index in [1.165, 1.54) is 30.6 Å². The van der Waals surface area contributed by atoms with E-state index in [2.05, 4.69) is 0 Å². The molecule has 6 nitrogen and oxygen atoms in total. The molecule has 1 aliphatic carbocycles. The summed E-state index contributed by atoms with van der Waals surface area (Å²) in [6.45, 7) is 0.902. The summed E-state index contributed by atoms with van der Waals surface area (Å²) >= 11 is 0. The van der Waals surface area contributed by atoms with Crippen molar-refractivity contribution < 1.29 is 19.5 Å². The van der Waals surface area contributed by atoms with Gasteiger partial charge in [0.25, 0.3) is 0 Å². The molecule has 1 N–H and O–H groups in total. The fourth-order valence-corrected chi connectivity index (χ4v) is 3.83. The molecule has 2 rings (SSSR count). The largest absolute Gasteiger partial charge is 0.481 e. The zero-order valence-corrected chi connectivity index (χ0v) is 14.7. The molecular weight excluding hydrogens is 308 g/mol. The van der Waals surface area contributed by atoms with Crippen LogP contribution in [0.2, 0.25) is 0 Å². The van der Waals surface area contributed by atoms with Crippen molar-refractivity contribution in [3.63, 3.8) is 0 Å². The molecule has 1 saturated carbocycles. The molecule has 0 spiro atoms. The second-order valence-electron chi connectivity index (χ2n) is 7.31. The first-order valence-electron chi connectivity index (χ1n) is 9.22. The number of carboxylic acid groups (broad SMARTS) is 1. The van der Waals surface area contributed by atoms with E-state index in [0.717, 1.165) is 18.8 Å². The van der Waals surface area contributed by atoms with Crippen molar-refractivity contribution >= 4 is 17.8 Å². The Kier molecular flexibility index (Phi) is 7.06. The molecule has 136 valence electrons. The molecule has 6 heteroatoms. The fourth-order valence-electron chi connectivity index (χ4n) is 3.83. The number of hydrogen-bond donors (Lipinski definition) is 1. The Morgan fingerprint density at radius 2 is 1.83 bits per heavy atom. The SMILES string of the molecule is CN(CC(=O)N1CCCC(C(=O)O)C1)C(=O)CCCC1CCCC1. The number of piperidine rings is 1. The van der Waals surface area contributed by atoms with E-state index in [4.69, 9.17) is 5.11 Å². The molecular formula is C18H30N2O4. The van der Waals surface area contributed by atoms with Gasteiger partial charge in [-0.3, -0.25) is 14.4 Å². The lowest BCUT2D eigenvalue weighted by Gasteiger charge is -2.32. The molecule has 0 radical (unpaired) electrons. The lowest BCUT2D eigenvalue weighted by Crippen LogP contribution is -2.46. The van der Waals surface area contributed by atoms with Crippen LogP contribution >= 0.6 is 0 Å². The van der Waals surface area contributed by atoms with Crippen LogP contribution in [0.4, 0.5) is 0 Å². The molecule has 1 heterocycles. The number of carboxylic acids is 1. The Morgan fingerprint density at radius 1 is 1.12 bits per heavy atom. The van der Waals surface area contributed by atoms with Crippen molar-refractivity contribution in [2.45, 2.75) is 57.8 Å². The summed E-state index contributed by atoms with van der Waals surface area (Å²) in [4.78, 5) is 38.6. The zero-order valence-electron chi connectivity index (χ0n) is 14.7. The predicted octanol–water partition coefficient (Wildman–Crippen LogP) is 2.13. The molecule has 1 saturated heterocycles. The van der Waals surface area contributed by atoms with Crippen molar-refractivity contribution in [3.8, 4) is 0 Å². The molecule has 0 bridgehead atoms. The van der Waals surface area contributed by atoms with Crippen LogP contribution < -0.4 is 0 Å². The Labute approximate surface area is 144 Å². The van der Waals surface area contributed by atoms with Gasteiger partial charge < -0.3 is 14.9 Å². The van der Waals surface area contributed by atoms with Crippen molar-refractivity contribution in [1.29, 1.82) is 0 Å². The standard InChI is InChI=1S/C18H30N2O4/c1-19(16(21)10-4-8-14-6-2-3-7-14)13-17(22)20-11-5-9-15(12-20)18(23)24/h14-15H,2-13H2,1H3,(H,23,24). The monoisotopic (exact) mass is 338 g/mol. The first kappa shape index (κ1) is 18.7. The minimum Gasteiger partial charge on any atom is -0.481 e. The van der Waals surface area contributed by atoms with Crippen LogP contribution in [-0.4, -0.2) is 59.4 Å². The number of likely N-dealkylation sites (N-methyl/N-ethyl adjacent to an activating group) is 1. The fraction of sp³-hybridized carbons (Fsp3) is 0.833. The number of nitrogens with zero attached hydrogens (tertiary/aromatic N) is 2. The molecule has 0 aromatic heterocycles. The third kappa shape index (κ3) is 5.49. The van der Waals surface area contributed by atoms with Gasteiger partial charge in [-0.25, -0.2) is 0 Å². The van der Waals surface area contributed by atoms with Gasteiger partial charge in [-0.15, -0.1) is 0 Å². The predicted molar refractivity (Wildman–Crippen MR) is 90.4 cm³/mol. The smallest absolute Gasteiger partial charge is 0.308 e. The van der Waals surface area contributed by atoms with Crippen LogP contribution in [0, 0.1) is 11.8 Å². The summed E-state index contributed by atoms with van der Waals surface area (Å²) in [6, 6.07) is 0. The maximum absolute atomic E-state index is 12.3. The lowest BCUT2D eigenvalue weighted by atomic mass is 9.98. The maximum Gasteiger partial charge on any atom is 0.308 e. The molecule has 24 heavy (non-hydrogen) atoms. The van der Waals surface area contributed by atoms with Crippen LogP contribution in [0.3, 0.4) is 0 Å². The Morgan fingerprint density at radius 3 is 2.50 bits per heavy atom. The van der Waals surface area contributed by atoms with Gasteiger partial charge in [0.2, 0.25) is 11.8 Å². The van der Waals surface area contributed by atoms with Gasteiger partial charge >= 0.3 is 5.97 Å². The van der Waals surface area contributed by atoms with Gasteiger partial charge in [-0.2, -0.15) is 0 Å².